The third kappa shape index (κ3) is 3.67. The van der Waals surface area contributed by atoms with Gasteiger partial charge in [0.2, 0.25) is 0 Å². The molecule has 1 fully saturated rings. The fourth-order valence-corrected chi connectivity index (χ4v) is 5.60. The molecule has 1 aromatic heterocycles. The van der Waals surface area contributed by atoms with Crippen molar-refractivity contribution in [1.82, 2.24) is 9.88 Å². The topological polar surface area (TPSA) is 45.7 Å². The van der Waals surface area contributed by atoms with Crippen LogP contribution in [0.2, 0.25) is 5.02 Å². The average Bonchev–Trinajstić information content (AvgIpc) is 3.28. The summed E-state index contributed by atoms with van der Waals surface area (Å²) in [6, 6.07) is 15.8. The number of carbonyl (C=O) groups excluding carboxylic acids is 1. The van der Waals surface area contributed by atoms with E-state index < -0.39 is 0 Å². The van der Waals surface area contributed by atoms with Crippen molar-refractivity contribution in [1.29, 1.82) is 0 Å². The van der Waals surface area contributed by atoms with Gasteiger partial charge in [0, 0.05) is 26.2 Å². The van der Waals surface area contributed by atoms with E-state index in [2.05, 4.69) is 11.8 Å². The van der Waals surface area contributed by atoms with Crippen molar-refractivity contribution in [2.45, 2.75) is 13.8 Å². The summed E-state index contributed by atoms with van der Waals surface area (Å²) in [4.78, 5) is 22.6. The number of ether oxygens (including phenoxy) is 1. The van der Waals surface area contributed by atoms with E-state index in [4.69, 9.17) is 21.3 Å². The van der Waals surface area contributed by atoms with Crippen LogP contribution in [0.25, 0.3) is 21.0 Å². The van der Waals surface area contributed by atoms with Gasteiger partial charge in [-0.15, -0.1) is 0 Å². The zero-order chi connectivity index (χ0) is 22.2. The summed E-state index contributed by atoms with van der Waals surface area (Å²) in [5, 5.41) is 3.67. The Bertz CT molecular complexity index is 1270. The fourth-order valence-electron chi connectivity index (χ4n) is 4.23. The molecule has 0 saturated carbocycles. The molecule has 0 N–H and O–H groups in total. The number of hydrogen-bond acceptors (Lipinski definition) is 5. The number of fused-ring (bicyclic) bond motifs is 2. The third-order valence-electron chi connectivity index (χ3n) is 5.93. The van der Waals surface area contributed by atoms with Crippen LogP contribution < -0.4 is 9.64 Å². The van der Waals surface area contributed by atoms with Crippen LogP contribution in [0.15, 0.2) is 48.5 Å². The molecule has 0 unspecified atom stereocenters. The van der Waals surface area contributed by atoms with Gasteiger partial charge in [-0.05, 0) is 42.3 Å². The van der Waals surface area contributed by atoms with Crippen molar-refractivity contribution < 1.29 is 9.53 Å². The molecule has 5 nitrogen and oxygen atoms in total. The van der Waals surface area contributed by atoms with E-state index in [1.54, 1.807) is 11.3 Å². The molecule has 4 aromatic rings. The van der Waals surface area contributed by atoms with Crippen LogP contribution in [-0.2, 0) is 0 Å². The Hall–Kier alpha value is -2.83. The highest BCUT2D eigenvalue weighted by atomic mass is 35.5. The van der Waals surface area contributed by atoms with Gasteiger partial charge in [0.15, 0.2) is 5.13 Å². The number of hydrogen-bond donors (Lipinski definition) is 0. The molecule has 1 aliphatic heterocycles. The predicted molar refractivity (Wildman–Crippen MR) is 133 cm³/mol. The molecular formula is C25H24ClN3O2S. The maximum Gasteiger partial charge on any atom is 0.258 e. The summed E-state index contributed by atoms with van der Waals surface area (Å²) in [7, 11) is 0. The summed E-state index contributed by atoms with van der Waals surface area (Å²) < 4.78 is 6.85. The number of anilines is 1. The smallest absolute Gasteiger partial charge is 0.258 e. The molecule has 32 heavy (non-hydrogen) atoms. The van der Waals surface area contributed by atoms with Crippen molar-refractivity contribution in [3.63, 3.8) is 0 Å². The summed E-state index contributed by atoms with van der Waals surface area (Å²) >= 11 is 8.01. The van der Waals surface area contributed by atoms with Crippen molar-refractivity contribution in [3.8, 4) is 5.75 Å². The Balaban J connectivity index is 1.39. The SMILES string of the molecule is CCOc1ccc2ccccc2c1C(=O)N1CCN(c2nc3c(C)ccc(Cl)c3s2)CC1. The van der Waals surface area contributed by atoms with Crippen molar-refractivity contribution in [3.05, 3.63) is 64.7 Å². The Kier molecular flexibility index (Phi) is 5.66. The lowest BCUT2D eigenvalue weighted by molar-refractivity contribution is 0.0744. The van der Waals surface area contributed by atoms with Gasteiger partial charge in [0.05, 0.1) is 27.4 Å². The maximum atomic E-state index is 13.6. The summed E-state index contributed by atoms with van der Waals surface area (Å²) in [6.45, 7) is 7.25. The molecule has 0 aliphatic carbocycles. The first-order valence-electron chi connectivity index (χ1n) is 10.8. The number of piperazine rings is 1. The molecule has 1 aliphatic rings. The van der Waals surface area contributed by atoms with Gasteiger partial charge in [0.25, 0.3) is 5.91 Å². The van der Waals surface area contributed by atoms with Gasteiger partial charge >= 0.3 is 0 Å². The first kappa shape index (κ1) is 21.0. The standard InChI is InChI=1S/C25H24ClN3O2S/c1-3-31-20-11-9-17-6-4-5-7-18(17)21(20)24(30)28-12-14-29(15-13-28)25-27-22-16(2)8-10-19(26)23(22)32-25/h4-11H,3,12-15H2,1-2H3. The van der Waals surface area contributed by atoms with E-state index in [9.17, 15) is 4.79 Å². The van der Waals surface area contributed by atoms with Crippen LogP contribution in [0.4, 0.5) is 5.13 Å². The van der Waals surface area contributed by atoms with Crippen molar-refractivity contribution in [2.75, 3.05) is 37.7 Å². The van der Waals surface area contributed by atoms with Crippen LogP contribution in [0, 0.1) is 6.92 Å². The highest BCUT2D eigenvalue weighted by molar-refractivity contribution is 7.22. The maximum absolute atomic E-state index is 13.6. The van der Waals surface area contributed by atoms with Crippen LogP contribution in [0.1, 0.15) is 22.8 Å². The minimum atomic E-state index is 0.0214. The van der Waals surface area contributed by atoms with E-state index in [0.717, 1.165) is 49.8 Å². The number of aryl methyl sites for hydroxylation is 1. The molecule has 5 rings (SSSR count). The number of benzene rings is 3. The molecule has 0 spiro atoms. The lowest BCUT2D eigenvalue weighted by Crippen LogP contribution is -2.48. The molecule has 7 heteroatoms. The van der Waals surface area contributed by atoms with Crippen molar-refractivity contribution in [2.24, 2.45) is 0 Å². The van der Waals surface area contributed by atoms with E-state index in [1.807, 2.05) is 60.4 Å². The van der Waals surface area contributed by atoms with Gasteiger partial charge in [0.1, 0.15) is 5.75 Å². The zero-order valence-corrected chi connectivity index (χ0v) is 19.7. The Morgan fingerprint density at radius 3 is 2.62 bits per heavy atom. The molecule has 0 radical (unpaired) electrons. The number of thiazole rings is 1. The van der Waals surface area contributed by atoms with Crippen LogP contribution in [0.3, 0.4) is 0 Å². The largest absolute Gasteiger partial charge is 0.493 e. The molecule has 0 bridgehead atoms. The summed E-state index contributed by atoms with van der Waals surface area (Å²) in [5.41, 5.74) is 2.74. The number of rotatable bonds is 4. The van der Waals surface area contributed by atoms with Gasteiger partial charge in [-0.3, -0.25) is 4.79 Å². The highest BCUT2D eigenvalue weighted by Gasteiger charge is 2.27. The second kappa shape index (κ2) is 8.60. The highest BCUT2D eigenvalue weighted by Crippen LogP contribution is 2.36. The van der Waals surface area contributed by atoms with E-state index in [0.29, 0.717) is 31.0 Å². The average molecular weight is 466 g/mol. The zero-order valence-electron chi connectivity index (χ0n) is 18.1. The van der Waals surface area contributed by atoms with Gasteiger partial charge < -0.3 is 14.5 Å². The number of nitrogens with zero attached hydrogens (tertiary/aromatic N) is 3. The Morgan fingerprint density at radius 2 is 1.88 bits per heavy atom. The molecule has 2 heterocycles. The Labute approximate surface area is 196 Å². The van der Waals surface area contributed by atoms with Gasteiger partial charge in [-0.25, -0.2) is 4.98 Å². The first-order valence-corrected chi connectivity index (χ1v) is 12.0. The van der Waals surface area contributed by atoms with Gasteiger partial charge in [-0.1, -0.05) is 59.3 Å². The van der Waals surface area contributed by atoms with Crippen LogP contribution >= 0.6 is 22.9 Å². The molecule has 1 amide bonds. The lowest BCUT2D eigenvalue weighted by Gasteiger charge is -2.35. The van der Waals surface area contributed by atoms with Crippen LogP contribution in [-0.4, -0.2) is 48.6 Å². The molecule has 0 atom stereocenters. The first-order chi connectivity index (χ1) is 15.6. The lowest BCUT2D eigenvalue weighted by atomic mass is 10.0. The molecule has 164 valence electrons. The van der Waals surface area contributed by atoms with Crippen molar-refractivity contribution >= 4 is 55.0 Å². The predicted octanol–water partition coefficient (Wildman–Crippen LogP) is 5.77. The van der Waals surface area contributed by atoms with Gasteiger partial charge in [-0.2, -0.15) is 0 Å². The van der Waals surface area contributed by atoms with E-state index in [1.165, 1.54) is 0 Å². The normalized spacial score (nSPS) is 14.3. The third-order valence-corrected chi connectivity index (χ3v) is 7.50. The molecule has 3 aromatic carbocycles. The number of carbonyl (C=O) groups is 1. The molecule has 1 saturated heterocycles. The minimum absolute atomic E-state index is 0.0214. The quantitative estimate of drug-likeness (QED) is 0.383. The minimum Gasteiger partial charge on any atom is -0.493 e. The molecular weight excluding hydrogens is 442 g/mol. The monoisotopic (exact) mass is 465 g/mol. The number of aromatic nitrogens is 1. The fraction of sp³-hybridized carbons (Fsp3) is 0.280. The second-order valence-electron chi connectivity index (χ2n) is 7.91. The van der Waals surface area contributed by atoms with E-state index in [-0.39, 0.29) is 5.91 Å². The summed E-state index contributed by atoms with van der Waals surface area (Å²) in [6.07, 6.45) is 0. The number of halogens is 1. The number of amides is 1. The van der Waals surface area contributed by atoms with Crippen LogP contribution in [0.5, 0.6) is 5.75 Å². The summed E-state index contributed by atoms with van der Waals surface area (Å²) in [5.74, 6) is 0.669. The second-order valence-corrected chi connectivity index (χ2v) is 9.30. The Morgan fingerprint density at radius 1 is 1.09 bits per heavy atom. The van der Waals surface area contributed by atoms with E-state index >= 15 is 0 Å².